The minimum absolute atomic E-state index is 0.504. The van der Waals surface area contributed by atoms with Crippen LogP contribution in [0.15, 0.2) is 30.5 Å². The molecule has 0 radical (unpaired) electrons. The summed E-state index contributed by atoms with van der Waals surface area (Å²) in [5, 5.41) is 8.02. The first-order chi connectivity index (χ1) is 9.33. The second-order valence-corrected chi connectivity index (χ2v) is 4.29. The molecule has 0 fully saturated rings. The molecule has 1 aromatic heterocycles. The van der Waals surface area contributed by atoms with Crippen molar-refractivity contribution in [3.8, 4) is 11.5 Å². The molecule has 0 atom stereocenters. The standard InChI is InChI=1S/C13H16ClN3O2/c1-18-12-4-2-3-5-13(12)19-9-8-17-10-11(6-7-14)15-16-17/h2-5,10H,6-9H2,1H3. The molecule has 0 unspecified atom stereocenters. The Balaban J connectivity index is 1.85. The lowest BCUT2D eigenvalue weighted by atomic mass is 10.3. The van der Waals surface area contributed by atoms with Crippen LogP contribution >= 0.6 is 11.6 Å². The maximum Gasteiger partial charge on any atom is 0.161 e. The molecule has 0 amide bonds. The SMILES string of the molecule is COc1ccccc1OCCn1cc(CCCl)nn1. The van der Waals surface area contributed by atoms with Gasteiger partial charge in [-0.2, -0.15) is 0 Å². The van der Waals surface area contributed by atoms with Gasteiger partial charge in [-0.3, -0.25) is 0 Å². The van der Waals surface area contributed by atoms with Crippen LogP contribution in [0.4, 0.5) is 0 Å². The maximum absolute atomic E-state index is 5.66. The number of alkyl halides is 1. The average molecular weight is 282 g/mol. The third kappa shape index (κ3) is 3.86. The van der Waals surface area contributed by atoms with E-state index in [1.54, 1.807) is 11.8 Å². The highest BCUT2D eigenvalue weighted by Crippen LogP contribution is 2.25. The van der Waals surface area contributed by atoms with E-state index in [9.17, 15) is 0 Å². The van der Waals surface area contributed by atoms with Crippen molar-refractivity contribution < 1.29 is 9.47 Å². The topological polar surface area (TPSA) is 49.2 Å². The van der Waals surface area contributed by atoms with Crippen molar-refractivity contribution in [1.82, 2.24) is 15.0 Å². The molecule has 1 heterocycles. The molecule has 0 saturated carbocycles. The molecule has 1 aromatic carbocycles. The first-order valence-electron chi connectivity index (χ1n) is 6.04. The molecular weight excluding hydrogens is 266 g/mol. The molecule has 19 heavy (non-hydrogen) atoms. The Labute approximate surface area is 117 Å². The second kappa shape index (κ2) is 6.99. The number of hydrogen-bond acceptors (Lipinski definition) is 4. The van der Waals surface area contributed by atoms with Gasteiger partial charge in [-0.1, -0.05) is 17.3 Å². The van der Waals surface area contributed by atoms with Crippen LogP contribution in [-0.2, 0) is 13.0 Å². The van der Waals surface area contributed by atoms with E-state index in [1.165, 1.54) is 0 Å². The van der Waals surface area contributed by atoms with E-state index in [4.69, 9.17) is 21.1 Å². The fourth-order valence-electron chi connectivity index (χ4n) is 1.65. The second-order valence-electron chi connectivity index (χ2n) is 3.91. The Morgan fingerprint density at radius 1 is 1.26 bits per heavy atom. The number of halogens is 1. The van der Waals surface area contributed by atoms with Gasteiger partial charge in [-0.25, -0.2) is 4.68 Å². The summed E-state index contributed by atoms with van der Waals surface area (Å²) >= 11 is 5.65. The molecule has 0 saturated heterocycles. The summed E-state index contributed by atoms with van der Waals surface area (Å²) < 4.78 is 12.6. The summed E-state index contributed by atoms with van der Waals surface area (Å²) in [4.78, 5) is 0. The smallest absolute Gasteiger partial charge is 0.161 e. The van der Waals surface area contributed by atoms with Crippen LogP contribution in [-0.4, -0.2) is 34.6 Å². The third-order valence-electron chi connectivity index (χ3n) is 2.58. The first kappa shape index (κ1) is 13.7. The van der Waals surface area contributed by atoms with Crippen LogP contribution in [0.3, 0.4) is 0 Å². The molecule has 0 aliphatic heterocycles. The highest BCUT2D eigenvalue weighted by molar-refractivity contribution is 6.17. The molecule has 2 rings (SSSR count). The van der Waals surface area contributed by atoms with Crippen LogP contribution in [0, 0.1) is 0 Å². The number of methoxy groups -OCH3 is 1. The summed E-state index contributed by atoms with van der Waals surface area (Å²) in [6, 6.07) is 7.55. The van der Waals surface area contributed by atoms with Gasteiger partial charge in [0.25, 0.3) is 0 Å². The number of aryl methyl sites for hydroxylation is 1. The van der Waals surface area contributed by atoms with Gasteiger partial charge in [0.05, 0.1) is 19.3 Å². The third-order valence-corrected chi connectivity index (χ3v) is 2.77. The van der Waals surface area contributed by atoms with Crippen LogP contribution in [0.2, 0.25) is 0 Å². The molecule has 0 aliphatic carbocycles. The zero-order valence-corrected chi connectivity index (χ0v) is 11.5. The van der Waals surface area contributed by atoms with Gasteiger partial charge >= 0.3 is 0 Å². The van der Waals surface area contributed by atoms with E-state index >= 15 is 0 Å². The monoisotopic (exact) mass is 281 g/mol. The Bertz CT molecular complexity index is 516. The lowest BCUT2D eigenvalue weighted by Crippen LogP contribution is -2.09. The Morgan fingerprint density at radius 3 is 2.79 bits per heavy atom. The minimum atomic E-state index is 0.504. The summed E-state index contributed by atoms with van der Waals surface area (Å²) in [7, 11) is 1.62. The predicted molar refractivity (Wildman–Crippen MR) is 72.9 cm³/mol. The molecule has 2 aromatic rings. The van der Waals surface area contributed by atoms with E-state index in [-0.39, 0.29) is 0 Å². The predicted octanol–water partition coefficient (Wildman–Crippen LogP) is 2.15. The van der Waals surface area contributed by atoms with Gasteiger partial charge in [-0.05, 0) is 12.1 Å². The van der Waals surface area contributed by atoms with Crippen molar-refractivity contribution in [2.75, 3.05) is 19.6 Å². The first-order valence-corrected chi connectivity index (χ1v) is 6.57. The zero-order valence-electron chi connectivity index (χ0n) is 10.8. The highest BCUT2D eigenvalue weighted by Gasteiger charge is 2.03. The van der Waals surface area contributed by atoms with Crippen LogP contribution in [0.1, 0.15) is 5.69 Å². The molecule has 0 N–H and O–H groups in total. The molecule has 0 aliphatic rings. The average Bonchev–Trinajstić information content (AvgIpc) is 2.87. The fraction of sp³-hybridized carbons (Fsp3) is 0.385. The lowest BCUT2D eigenvalue weighted by Gasteiger charge is -2.09. The quantitative estimate of drug-likeness (QED) is 0.730. The molecule has 0 bridgehead atoms. The van der Waals surface area contributed by atoms with Gasteiger partial charge in [0.15, 0.2) is 11.5 Å². The molecule has 6 heteroatoms. The number of para-hydroxylation sites is 2. The maximum atomic E-state index is 5.66. The van der Waals surface area contributed by atoms with Gasteiger partial charge in [0, 0.05) is 18.5 Å². The summed E-state index contributed by atoms with van der Waals surface area (Å²) in [5.74, 6) is 2.01. The van der Waals surface area contributed by atoms with E-state index in [2.05, 4.69) is 10.3 Å². The Morgan fingerprint density at radius 2 is 2.05 bits per heavy atom. The molecule has 0 spiro atoms. The van der Waals surface area contributed by atoms with Crippen LogP contribution in [0.5, 0.6) is 11.5 Å². The number of aromatic nitrogens is 3. The Hall–Kier alpha value is -1.75. The Kier molecular flexibility index (Phi) is 5.03. The van der Waals surface area contributed by atoms with Crippen molar-refractivity contribution >= 4 is 11.6 Å². The highest BCUT2D eigenvalue weighted by atomic mass is 35.5. The summed E-state index contributed by atoms with van der Waals surface area (Å²) in [6.45, 7) is 1.14. The van der Waals surface area contributed by atoms with Crippen molar-refractivity contribution in [2.45, 2.75) is 13.0 Å². The number of hydrogen-bond donors (Lipinski definition) is 0. The van der Waals surface area contributed by atoms with Crippen molar-refractivity contribution in [2.24, 2.45) is 0 Å². The van der Waals surface area contributed by atoms with E-state index in [1.807, 2.05) is 30.5 Å². The lowest BCUT2D eigenvalue weighted by molar-refractivity contribution is 0.273. The van der Waals surface area contributed by atoms with E-state index in [0.29, 0.717) is 19.0 Å². The molecule has 5 nitrogen and oxygen atoms in total. The fourth-order valence-corrected chi connectivity index (χ4v) is 1.84. The van der Waals surface area contributed by atoms with Gasteiger partial charge in [-0.15, -0.1) is 16.7 Å². The van der Waals surface area contributed by atoms with Gasteiger partial charge < -0.3 is 9.47 Å². The number of rotatable bonds is 7. The van der Waals surface area contributed by atoms with Gasteiger partial charge in [0.2, 0.25) is 0 Å². The van der Waals surface area contributed by atoms with E-state index < -0.39 is 0 Å². The van der Waals surface area contributed by atoms with E-state index in [0.717, 1.165) is 23.6 Å². The minimum Gasteiger partial charge on any atom is -0.493 e. The van der Waals surface area contributed by atoms with Crippen LogP contribution in [0.25, 0.3) is 0 Å². The normalized spacial score (nSPS) is 10.4. The van der Waals surface area contributed by atoms with Crippen molar-refractivity contribution in [1.29, 1.82) is 0 Å². The molecule has 102 valence electrons. The van der Waals surface area contributed by atoms with Crippen LogP contribution < -0.4 is 9.47 Å². The van der Waals surface area contributed by atoms with Crippen molar-refractivity contribution in [3.63, 3.8) is 0 Å². The number of benzene rings is 1. The molecular formula is C13H16ClN3O2. The largest absolute Gasteiger partial charge is 0.493 e. The summed E-state index contributed by atoms with van der Waals surface area (Å²) in [5.41, 5.74) is 0.896. The van der Waals surface area contributed by atoms with Gasteiger partial charge in [0.1, 0.15) is 6.61 Å². The number of nitrogens with zero attached hydrogens (tertiary/aromatic N) is 3. The van der Waals surface area contributed by atoms with Crippen molar-refractivity contribution in [3.05, 3.63) is 36.2 Å². The number of ether oxygens (including phenoxy) is 2. The summed E-state index contributed by atoms with van der Waals surface area (Å²) in [6.07, 6.45) is 2.61. The zero-order chi connectivity index (χ0) is 13.5.